The van der Waals surface area contributed by atoms with E-state index in [-0.39, 0.29) is 0 Å². The molecule has 0 aliphatic rings. The van der Waals surface area contributed by atoms with Crippen LogP contribution in [0.15, 0.2) is 18.2 Å². The first-order valence-corrected chi connectivity index (χ1v) is 7.28. The second-order valence-electron chi connectivity index (χ2n) is 4.69. The number of rotatable bonds is 7. The molecule has 0 spiro atoms. The number of aryl methyl sites for hydroxylation is 2. The van der Waals surface area contributed by atoms with Gasteiger partial charge in [0.1, 0.15) is 0 Å². The Balaban J connectivity index is 1.85. The Hall–Kier alpha value is -2.22. The number of aromatic nitrogens is 4. The van der Waals surface area contributed by atoms with Gasteiger partial charge in [-0.3, -0.25) is 0 Å². The summed E-state index contributed by atoms with van der Waals surface area (Å²) in [5.41, 5.74) is 0.878. The van der Waals surface area contributed by atoms with E-state index in [1.54, 1.807) is 18.9 Å². The number of nitrogens with zero attached hydrogens (tertiary/aromatic N) is 4. The van der Waals surface area contributed by atoms with Crippen LogP contribution in [0.25, 0.3) is 0 Å². The van der Waals surface area contributed by atoms with Crippen molar-refractivity contribution in [2.45, 2.75) is 19.3 Å². The maximum atomic E-state index is 5.36. The highest BCUT2D eigenvalue weighted by Crippen LogP contribution is 2.29. The van der Waals surface area contributed by atoms with Crippen LogP contribution in [0.1, 0.15) is 18.7 Å². The molecule has 0 bridgehead atoms. The van der Waals surface area contributed by atoms with E-state index in [2.05, 4.69) is 20.8 Å². The third-order valence-corrected chi connectivity index (χ3v) is 3.49. The summed E-state index contributed by atoms with van der Waals surface area (Å²) in [4.78, 5) is 0.766. The Morgan fingerprint density at radius 1 is 1.27 bits per heavy atom. The van der Waals surface area contributed by atoms with E-state index in [4.69, 9.17) is 21.7 Å². The Kier molecular flexibility index (Phi) is 5.65. The molecule has 0 amide bonds. The smallest absolute Gasteiger partial charge is 0.162 e. The van der Waals surface area contributed by atoms with Crippen LogP contribution >= 0.6 is 12.2 Å². The minimum atomic E-state index is 0.667. The van der Waals surface area contributed by atoms with E-state index in [0.717, 1.165) is 35.8 Å². The van der Waals surface area contributed by atoms with Crippen molar-refractivity contribution >= 4 is 22.9 Å². The fraction of sp³-hybridized carbons (Fsp3) is 0.429. The SMILES string of the molecule is COc1ccc(NC(=S)CCCc2nnnn2C)cc1OC. The van der Waals surface area contributed by atoms with Crippen molar-refractivity contribution in [1.29, 1.82) is 0 Å². The average molecular weight is 321 g/mol. The van der Waals surface area contributed by atoms with Gasteiger partial charge in [0.15, 0.2) is 17.3 Å². The highest BCUT2D eigenvalue weighted by molar-refractivity contribution is 7.80. The van der Waals surface area contributed by atoms with Gasteiger partial charge in [-0.05, 0) is 35.4 Å². The van der Waals surface area contributed by atoms with Crippen LogP contribution in [0.5, 0.6) is 11.5 Å². The molecule has 0 unspecified atom stereocenters. The van der Waals surface area contributed by atoms with Crippen molar-refractivity contribution < 1.29 is 9.47 Å². The minimum absolute atomic E-state index is 0.667. The predicted molar refractivity (Wildman–Crippen MR) is 87.5 cm³/mol. The van der Waals surface area contributed by atoms with E-state index in [9.17, 15) is 0 Å². The third kappa shape index (κ3) is 4.14. The molecule has 1 N–H and O–H groups in total. The second-order valence-corrected chi connectivity index (χ2v) is 5.18. The molecule has 2 rings (SSSR count). The molecule has 22 heavy (non-hydrogen) atoms. The zero-order valence-electron chi connectivity index (χ0n) is 12.9. The largest absolute Gasteiger partial charge is 0.493 e. The first-order chi connectivity index (χ1) is 10.6. The second kappa shape index (κ2) is 7.69. The Labute approximate surface area is 134 Å². The van der Waals surface area contributed by atoms with Crippen LogP contribution in [0.3, 0.4) is 0 Å². The summed E-state index contributed by atoms with van der Waals surface area (Å²) >= 11 is 5.36. The van der Waals surface area contributed by atoms with E-state index < -0.39 is 0 Å². The van der Waals surface area contributed by atoms with E-state index in [1.807, 2.05) is 25.2 Å². The summed E-state index contributed by atoms with van der Waals surface area (Å²) in [6.45, 7) is 0. The number of thiocarbonyl (C=S) groups is 1. The number of hydrogen-bond donors (Lipinski definition) is 1. The Morgan fingerprint density at radius 2 is 2.05 bits per heavy atom. The summed E-state index contributed by atoms with van der Waals surface area (Å²) in [7, 11) is 5.04. The molecular formula is C14H19N5O2S. The van der Waals surface area contributed by atoms with Crippen LogP contribution in [-0.4, -0.2) is 39.4 Å². The molecule has 0 radical (unpaired) electrons. The van der Waals surface area contributed by atoms with Crippen molar-refractivity contribution in [1.82, 2.24) is 20.2 Å². The van der Waals surface area contributed by atoms with Gasteiger partial charge in [0, 0.05) is 25.2 Å². The van der Waals surface area contributed by atoms with Gasteiger partial charge in [-0.25, -0.2) is 4.68 Å². The molecule has 0 saturated heterocycles. The highest BCUT2D eigenvalue weighted by Gasteiger charge is 2.07. The first kappa shape index (κ1) is 16.2. The lowest BCUT2D eigenvalue weighted by atomic mass is 10.2. The standard InChI is InChI=1S/C14H19N5O2S/c1-19-13(16-17-18-19)5-4-6-14(22)15-10-7-8-11(20-2)12(9-10)21-3/h7-9H,4-6H2,1-3H3,(H,15,22). The number of tetrazole rings is 1. The summed E-state index contributed by atoms with van der Waals surface area (Å²) in [5.74, 6) is 2.21. The molecule has 0 aliphatic heterocycles. The van der Waals surface area contributed by atoms with Crippen molar-refractivity contribution in [2.24, 2.45) is 7.05 Å². The van der Waals surface area contributed by atoms with Crippen molar-refractivity contribution in [2.75, 3.05) is 19.5 Å². The summed E-state index contributed by atoms with van der Waals surface area (Å²) in [5, 5.41) is 14.6. The molecule has 8 heteroatoms. The molecule has 1 aromatic carbocycles. The van der Waals surface area contributed by atoms with Gasteiger partial charge in [-0.15, -0.1) is 5.10 Å². The maximum Gasteiger partial charge on any atom is 0.162 e. The van der Waals surface area contributed by atoms with Crippen LogP contribution in [0.2, 0.25) is 0 Å². The van der Waals surface area contributed by atoms with Crippen LogP contribution in [-0.2, 0) is 13.5 Å². The zero-order chi connectivity index (χ0) is 15.9. The van der Waals surface area contributed by atoms with Crippen molar-refractivity contribution in [3.05, 3.63) is 24.0 Å². The van der Waals surface area contributed by atoms with Crippen LogP contribution in [0.4, 0.5) is 5.69 Å². The minimum Gasteiger partial charge on any atom is -0.493 e. The van der Waals surface area contributed by atoms with Gasteiger partial charge in [0.2, 0.25) is 0 Å². The van der Waals surface area contributed by atoms with Gasteiger partial charge in [-0.1, -0.05) is 12.2 Å². The Bertz CT molecular complexity index is 644. The van der Waals surface area contributed by atoms with Gasteiger partial charge >= 0.3 is 0 Å². The monoisotopic (exact) mass is 321 g/mol. The number of anilines is 1. The van der Waals surface area contributed by atoms with E-state index >= 15 is 0 Å². The van der Waals surface area contributed by atoms with Gasteiger partial charge < -0.3 is 14.8 Å². The lowest BCUT2D eigenvalue weighted by Crippen LogP contribution is -2.10. The molecule has 0 fully saturated rings. The molecule has 7 nitrogen and oxygen atoms in total. The van der Waals surface area contributed by atoms with E-state index in [1.165, 1.54) is 0 Å². The highest BCUT2D eigenvalue weighted by atomic mass is 32.1. The molecule has 0 saturated carbocycles. The van der Waals surface area contributed by atoms with Crippen LogP contribution < -0.4 is 14.8 Å². The average Bonchev–Trinajstić information content (AvgIpc) is 2.92. The summed E-state index contributed by atoms with van der Waals surface area (Å²) < 4.78 is 12.1. The van der Waals surface area contributed by atoms with E-state index in [0.29, 0.717) is 11.5 Å². The molecule has 2 aromatic rings. The van der Waals surface area contributed by atoms with Crippen molar-refractivity contribution in [3.8, 4) is 11.5 Å². The van der Waals surface area contributed by atoms with Gasteiger partial charge in [0.05, 0.1) is 19.2 Å². The fourth-order valence-electron chi connectivity index (χ4n) is 2.00. The zero-order valence-corrected chi connectivity index (χ0v) is 13.7. The maximum absolute atomic E-state index is 5.36. The van der Waals surface area contributed by atoms with Crippen LogP contribution in [0, 0.1) is 0 Å². The first-order valence-electron chi connectivity index (χ1n) is 6.87. The number of nitrogens with one attached hydrogen (secondary N) is 1. The van der Waals surface area contributed by atoms with Gasteiger partial charge in [-0.2, -0.15) is 0 Å². The molecular weight excluding hydrogens is 302 g/mol. The van der Waals surface area contributed by atoms with Crippen molar-refractivity contribution in [3.63, 3.8) is 0 Å². The molecule has 1 heterocycles. The third-order valence-electron chi connectivity index (χ3n) is 3.18. The normalized spacial score (nSPS) is 10.3. The number of hydrogen-bond acceptors (Lipinski definition) is 6. The number of methoxy groups -OCH3 is 2. The lowest BCUT2D eigenvalue weighted by Gasteiger charge is -2.11. The summed E-state index contributed by atoms with van der Waals surface area (Å²) in [6.07, 6.45) is 2.43. The Morgan fingerprint density at radius 3 is 2.68 bits per heavy atom. The lowest BCUT2D eigenvalue weighted by molar-refractivity contribution is 0.355. The number of ether oxygens (including phenoxy) is 2. The molecule has 118 valence electrons. The topological polar surface area (TPSA) is 74.1 Å². The molecule has 0 atom stereocenters. The molecule has 1 aromatic heterocycles. The predicted octanol–water partition coefficient (Wildman–Crippen LogP) is 1.99. The molecule has 0 aliphatic carbocycles. The summed E-state index contributed by atoms with van der Waals surface area (Å²) in [6, 6.07) is 5.60. The fourth-order valence-corrected chi connectivity index (χ4v) is 2.27. The number of benzene rings is 1. The quantitative estimate of drug-likeness (QED) is 0.782. The van der Waals surface area contributed by atoms with Gasteiger partial charge in [0.25, 0.3) is 0 Å².